The van der Waals surface area contributed by atoms with Crippen LogP contribution >= 0.6 is 24.0 Å². The number of hydrogen-bond acceptors (Lipinski definition) is 4. The zero-order valence-corrected chi connectivity index (χ0v) is 21.7. The third-order valence-electron chi connectivity index (χ3n) is 6.89. The first-order valence-corrected chi connectivity index (χ1v) is 11.7. The number of aliphatic imine (C=N–C) groups is 1. The van der Waals surface area contributed by atoms with Crippen LogP contribution in [0.25, 0.3) is 0 Å². The third kappa shape index (κ3) is 6.81. The van der Waals surface area contributed by atoms with Crippen LogP contribution in [0.2, 0.25) is 0 Å². The van der Waals surface area contributed by atoms with E-state index in [-0.39, 0.29) is 36.4 Å². The van der Waals surface area contributed by atoms with Crippen molar-refractivity contribution in [2.45, 2.75) is 56.8 Å². The van der Waals surface area contributed by atoms with Gasteiger partial charge in [0.25, 0.3) is 0 Å². The second kappa shape index (κ2) is 12.2. The fourth-order valence-electron chi connectivity index (χ4n) is 5.06. The number of benzene rings is 1. The lowest BCUT2D eigenvalue weighted by atomic mass is 9.96. The number of carbonyl (C=O) groups is 1. The van der Waals surface area contributed by atoms with Crippen LogP contribution in [0.4, 0.5) is 0 Å². The van der Waals surface area contributed by atoms with Crippen molar-refractivity contribution in [2.24, 2.45) is 10.9 Å². The highest BCUT2D eigenvalue weighted by molar-refractivity contribution is 14.0. The molecule has 4 rings (SSSR count). The number of hydrogen-bond donors (Lipinski definition) is 2. The molecule has 3 aliphatic heterocycles. The summed E-state index contributed by atoms with van der Waals surface area (Å²) in [5, 5.41) is 7.14. The molecule has 0 radical (unpaired) electrons. The van der Waals surface area contributed by atoms with Crippen LogP contribution in [0.3, 0.4) is 0 Å². The molecule has 178 valence electrons. The molecule has 7 nitrogen and oxygen atoms in total. The molecule has 8 heteroatoms. The van der Waals surface area contributed by atoms with E-state index in [9.17, 15) is 4.79 Å². The van der Waals surface area contributed by atoms with Gasteiger partial charge in [-0.15, -0.1) is 24.0 Å². The van der Waals surface area contributed by atoms with Gasteiger partial charge in [-0.25, -0.2) is 4.99 Å². The van der Waals surface area contributed by atoms with Crippen molar-refractivity contribution < 1.29 is 9.53 Å². The van der Waals surface area contributed by atoms with Gasteiger partial charge < -0.3 is 20.3 Å². The van der Waals surface area contributed by atoms with Crippen molar-refractivity contribution in [3.8, 4) is 0 Å². The second-order valence-corrected chi connectivity index (χ2v) is 9.42. The summed E-state index contributed by atoms with van der Waals surface area (Å²) in [5.74, 6) is 1.30. The zero-order valence-electron chi connectivity index (χ0n) is 19.3. The quantitative estimate of drug-likeness (QED) is 0.308. The van der Waals surface area contributed by atoms with Gasteiger partial charge in [0.15, 0.2) is 5.96 Å². The largest absolute Gasteiger partial charge is 0.381 e. The van der Waals surface area contributed by atoms with Crippen molar-refractivity contribution in [1.82, 2.24) is 20.4 Å². The molecule has 3 heterocycles. The monoisotopic (exact) mass is 555 g/mol. The Balaban J connectivity index is 0.00000289. The van der Waals surface area contributed by atoms with Crippen LogP contribution in [0.5, 0.6) is 0 Å². The molecule has 0 spiro atoms. The molecule has 3 saturated heterocycles. The van der Waals surface area contributed by atoms with Gasteiger partial charge >= 0.3 is 0 Å². The Morgan fingerprint density at radius 2 is 1.88 bits per heavy atom. The minimum atomic E-state index is 0. The molecule has 2 bridgehead atoms. The molecule has 3 unspecified atom stereocenters. The Kier molecular flexibility index (Phi) is 9.61. The first-order valence-electron chi connectivity index (χ1n) is 11.7. The van der Waals surface area contributed by atoms with Gasteiger partial charge in [-0.05, 0) is 37.7 Å². The van der Waals surface area contributed by atoms with Gasteiger partial charge in [-0.1, -0.05) is 30.3 Å². The van der Waals surface area contributed by atoms with Crippen LogP contribution in [-0.2, 0) is 16.1 Å². The van der Waals surface area contributed by atoms with Crippen molar-refractivity contribution in [3.05, 3.63) is 35.9 Å². The third-order valence-corrected chi connectivity index (χ3v) is 6.89. The number of likely N-dealkylation sites (N-methyl/N-ethyl adjacent to an activating group) is 1. The summed E-state index contributed by atoms with van der Waals surface area (Å²) in [6.45, 7) is 3.69. The standard InChI is InChI=1S/C24H37N5O2.HI/c1-28(2)23(30)15-26-24(25-14-19-10-11-31-17-19)27-20-12-21-8-9-22(13-20)29(21)16-18-6-4-3-5-7-18;/h3-7,19-22H,8-17H2,1-2H3,(H2,25,26,27);1H. The number of nitrogens with one attached hydrogen (secondary N) is 2. The number of piperidine rings is 1. The van der Waals surface area contributed by atoms with E-state index >= 15 is 0 Å². The highest BCUT2D eigenvalue weighted by Gasteiger charge is 2.40. The molecule has 3 fully saturated rings. The maximum absolute atomic E-state index is 12.1. The number of rotatable bonds is 7. The number of nitrogens with zero attached hydrogens (tertiary/aromatic N) is 3. The zero-order chi connectivity index (χ0) is 21.6. The maximum atomic E-state index is 12.1. The number of carbonyl (C=O) groups excluding carboxylic acids is 1. The van der Waals surface area contributed by atoms with Gasteiger partial charge in [0.2, 0.25) is 5.91 Å². The van der Waals surface area contributed by atoms with E-state index in [1.165, 1.54) is 18.4 Å². The van der Waals surface area contributed by atoms with E-state index in [2.05, 4.69) is 50.9 Å². The predicted octanol–water partition coefficient (Wildman–Crippen LogP) is 2.46. The lowest BCUT2D eigenvalue weighted by Gasteiger charge is -2.39. The van der Waals surface area contributed by atoms with Crippen LogP contribution in [-0.4, -0.2) is 80.2 Å². The molecule has 1 aromatic carbocycles. The summed E-state index contributed by atoms with van der Waals surface area (Å²) in [7, 11) is 3.54. The average Bonchev–Trinajstić information content (AvgIpc) is 3.36. The molecule has 3 atom stereocenters. The average molecular weight is 556 g/mol. The molecule has 3 aliphatic rings. The number of fused-ring (bicyclic) bond motifs is 2. The van der Waals surface area contributed by atoms with E-state index in [0.29, 0.717) is 24.0 Å². The summed E-state index contributed by atoms with van der Waals surface area (Å²) in [6.07, 6.45) is 5.87. The Bertz CT molecular complexity index is 740. The fourth-order valence-corrected chi connectivity index (χ4v) is 5.06. The SMILES string of the molecule is CN(C)C(=O)CN=C(NCC1CCOC1)NC1CC2CCC(C1)N2Cc1ccccc1.I. The van der Waals surface area contributed by atoms with Gasteiger partial charge in [-0.2, -0.15) is 0 Å². The van der Waals surface area contributed by atoms with Crippen LogP contribution < -0.4 is 10.6 Å². The first kappa shape index (κ1) is 25.2. The lowest BCUT2D eigenvalue weighted by molar-refractivity contribution is -0.127. The number of amides is 1. The second-order valence-electron chi connectivity index (χ2n) is 9.42. The Morgan fingerprint density at radius 1 is 1.16 bits per heavy atom. The molecule has 1 amide bonds. The molecule has 32 heavy (non-hydrogen) atoms. The topological polar surface area (TPSA) is 69.2 Å². The summed E-state index contributed by atoms with van der Waals surface area (Å²) < 4.78 is 5.50. The Labute approximate surface area is 209 Å². The molecule has 0 aromatic heterocycles. The Hall–Kier alpha value is -1.39. The van der Waals surface area contributed by atoms with Crippen LogP contribution in [0.1, 0.15) is 37.7 Å². The fraction of sp³-hybridized carbons (Fsp3) is 0.667. The minimum Gasteiger partial charge on any atom is -0.381 e. The van der Waals surface area contributed by atoms with Gasteiger partial charge in [0.05, 0.1) is 6.61 Å². The van der Waals surface area contributed by atoms with Crippen molar-refractivity contribution >= 4 is 35.8 Å². The first-order chi connectivity index (χ1) is 15.1. The smallest absolute Gasteiger partial charge is 0.243 e. The summed E-state index contributed by atoms with van der Waals surface area (Å²) in [4.78, 5) is 21.0. The number of halogens is 1. The number of ether oxygens (including phenoxy) is 1. The lowest BCUT2D eigenvalue weighted by Crippen LogP contribution is -2.53. The highest BCUT2D eigenvalue weighted by atomic mass is 127. The van der Waals surface area contributed by atoms with E-state index in [0.717, 1.165) is 51.5 Å². The van der Waals surface area contributed by atoms with Crippen molar-refractivity contribution in [3.63, 3.8) is 0 Å². The van der Waals surface area contributed by atoms with Crippen molar-refractivity contribution in [1.29, 1.82) is 0 Å². The van der Waals surface area contributed by atoms with Gasteiger partial charge in [0.1, 0.15) is 6.54 Å². The maximum Gasteiger partial charge on any atom is 0.243 e. The highest BCUT2D eigenvalue weighted by Crippen LogP contribution is 2.36. The predicted molar refractivity (Wildman–Crippen MR) is 138 cm³/mol. The summed E-state index contributed by atoms with van der Waals surface area (Å²) in [6, 6.07) is 12.4. The minimum absolute atomic E-state index is 0. The van der Waals surface area contributed by atoms with E-state index in [1.54, 1.807) is 19.0 Å². The van der Waals surface area contributed by atoms with Crippen LogP contribution in [0, 0.1) is 5.92 Å². The molecule has 0 aliphatic carbocycles. The molecule has 0 saturated carbocycles. The number of guanidine groups is 1. The normalized spacial score (nSPS) is 27.6. The molecular formula is C24H38IN5O2. The molecule has 2 N–H and O–H groups in total. The van der Waals surface area contributed by atoms with E-state index < -0.39 is 0 Å². The van der Waals surface area contributed by atoms with Gasteiger partial charge in [0, 0.05) is 57.8 Å². The Morgan fingerprint density at radius 3 is 2.50 bits per heavy atom. The van der Waals surface area contributed by atoms with E-state index in [4.69, 9.17) is 4.74 Å². The summed E-state index contributed by atoms with van der Waals surface area (Å²) in [5.41, 5.74) is 1.40. The summed E-state index contributed by atoms with van der Waals surface area (Å²) >= 11 is 0. The van der Waals surface area contributed by atoms with Gasteiger partial charge in [-0.3, -0.25) is 9.69 Å². The molecular weight excluding hydrogens is 517 g/mol. The van der Waals surface area contributed by atoms with Crippen molar-refractivity contribution in [2.75, 3.05) is 40.4 Å². The van der Waals surface area contributed by atoms with E-state index in [1.807, 2.05) is 0 Å². The molecule has 1 aromatic rings. The van der Waals surface area contributed by atoms with Crippen LogP contribution in [0.15, 0.2) is 35.3 Å².